The number of ether oxygens (including phenoxy) is 1. The average Bonchev–Trinajstić information content (AvgIpc) is 2.71. The minimum Gasteiger partial charge on any atom is -0.454 e. The van der Waals surface area contributed by atoms with Crippen LogP contribution in [0.1, 0.15) is 59.4 Å². The Morgan fingerprint density at radius 1 is 1.00 bits per heavy atom. The zero-order valence-electron chi connectivity index (χ0n) is 15.8. The first-order chi connectivity index (χ1) is 12.8. The largest absolute Gasteiger partial charge is 0.454 e. The molecule has 2 aromatic carbocycles. The molecule has 0 saturated heterocycles. The van der Waals surface area contributed by atoms with Gasteiger partial charge in [-0.1, -0.05) is 57.2 Å². The topological polar surface area (TPSA) is 77.5 Å². The molecule has 0 aliphatic rings. The molecule has 2 rings (SSSR count). The zero-order chi connectivity index (χ0) is 20.0. The van der Waals surface area contributed by atoms with E-state index in [-0.39, 0.29) is 22.0 Å². The summed E-state index contributed by atoms with van der Waals surface area (Å²) in [6, 6.07) is 13.1. The van der Waals surface area contributed by atoms with Gasteiger partial charge in [0.05, 0.1) is 16.2 Å². The Hall–Kier alpha value is -2.47. The van der Waals surface area contributed by atoms with Crippen molar-refractivity contribution in [3.05, 3.63) is 65.2 Å². The van der Waals surface area contributed by atoms with Crippen LogP contribution < -0.4 is 0 Å². The average molecular weight is 388 g/mol. The summed E-state index contributed by atoms with van der Waals surface area (Å²) in [6.07, 6.45) is 1.00. The van der Waals surface area contributed by atoms with Gasteiger partial charge in [-0.15, -0.1) is 0 Å². The van der Waals surface area contributed by atoms with Crippen LogP contribution >= 0.6 is 0 Å². The fourth-order valence-electron chi connectivity index (χ4n) is 2.59. The molecule has 0 aromatic heterocycles. The van der Waals surface area contributed by atoms with E-state index in [2.05, 4.69) is 13.8 Å². The maximum Gasteiger partial charge on any atom is 0.339 e. The predicted molar refractivity (Wildman–Crippen MR) is 104 cm³/mol. The minimum absolute atomic E-state index is 0.0562. The number of carbonyl (C=O) groups is 2. The van der Waals surface area contributed by atoms with E-state index in [1.165, 1.54) is 19.1 Å². The monoisotopic (exact) mass is 388 g/mol. The standard InChI is InChI=1S/C21H24O5S/c1-4-15(3)16-10-12-17(13-11-16)19(22)14-26-21(23)18-8-6-7-9-20(18)27(24,25)5-2/h6-13,15H,4-5,14H2,1-3H3/t15-/m0/s1. The third-order valence-electron chi connectivity index (χ3n) is 4.57. The Kier molecular flexibility index (Phi) is 6.91. The molecule has 5 nitrogen and oxygen atoms in total. The maximum absolute atomic E-state index is 12.3. The van der Waals surface area contributed by atoms with Gasteiger partial charge in [-0.25, -0.2) is 13.2 Å². The third kappa shape index (κ3) is 5.04. The second-order valence-corrected chi connectivity index (χ2v) is 8.58. The lowest BCUT2D eigenvalue weighted by Crippen LogP contribution is -2.17. The normalized spacial score (nSPS) is 12.4. The number of sulfone groups is 1. The second-order valence-electron chi connectivity index (χ2n) is 6.33. The Bertz CT molecular complexity index is 914. The fraction of sp³-hybridized carbons (Fsp3) is 0.333. The van der Waals surface area contributed by atoms with Crippen molar-refractivity contribution >= 4 is 21.6 Å². The first kappa shape index (κ1) is 20.8. The number of rotatable bonds is 8. The van der Waals surface area contributed by atoms with Gasteiger partial charge in [-0.05, 0) is 30.0 Å². The van der Waals surface area contributed by atoms with E-state index in [9.17, 15) is 18.0 Å². The zero-order valence-corrected chi connectivity index (χ0v) is 16.6. The summed E-state index contributed by atoms with van der Waals surface area (Å²) < 4.78 is 29.3. The van der Waals surface area contributed by atoms with Crippen molar-refractivity contribution in [3.63, 3.8) is 0 Å². The molecule has 6 heteroatoms. The number of hydrogen-bond acceptors (Lipinski definition) is 5. The molecule has 0 N–H and O–H groups in total. The van der Waals surface area contributed by atoms with Crippen LogP contribution in [0.2, 0.25) is 0 Å². The van der Waals surface area contributed by atoms with Crippen LogP contribution in [0.4, 0.5) is 0 Å². The van der Waals surface area contributed by atoms with Crippen molar-refractivity contribution < 1.29 is 22.7 Å². The third-order valence-corrected chi connectivity index (χ3v) is 6.36. The molecule has 0 radical (unpaired) electrons. The van der Waals surface area contributed by atoms with Gasteiger partial charge in [0.1, 0.15) is 0 Å². The van der Waals surface area contributed by atoms with E-state index >= 15 is 0 Å². The molecular formula is C21H24O5S. The number of ketones is 1. The summed E-state index contributed by atoms with van der Waals surface area (Å²) in [5.74, 6) is -0.884. The number of esters is 1. The minimum atomic E-state index is -3.57. The lowest BCUT2D eigenvalue weighted by atomic mass is 9.97. The van der Waals surface area contributed by atoms with Crippen LogP contribution in [0.5, 0.6) is 0 Å². The molecule has 0 saturated carbocycles. The van der Waals surface area contributed by atoms with E-state index < -0.39 is 22.4 Å². The summed E-state index contributed by atoms with van der Waals surface area (Å²) in [5, 5.41) is 0. The van der Waals surface area contributed by atoms with Crippen molar-refractivity contribution in [2.75, 3.05) is 12.4 Å². The van der Waals surface area contributed by atoms with Crippen molar-refractivity contribution in [1.82, 2.24) is 0 Å². The first-order valence-electron chi connectivity index (χ1n) is 8.92. The van der Waals surface area contributed by atoms with E-state index in [1.54, 1.807) is 24.3 Å². The van der Waals surface area contributed by atoms with Crippen LogP contribution in [-0.2, 0) is 14.6 Å². The van der Waals surface area contributed by atoms with Crippen LogP contribution in [0.25, 0.3) is 0 Å². The maximum atomic E-state index is 12.3. The van der Waals surface area contributed by atoms with Crippen molar-refractivity contribution in [3.8, 4) is 0 Å². The van der Waals surface area contributed by atoms with Crippen molar-refractivity contribution in [2.45, 2.75) is 38.0 Å². The van der Waals surface area contributed by atoms with Gasteiger partial charge >= 0.3 is 5.97 Å². The smallest absolute Gasteiger partial charge is 0.339 e. The number of hydrogen-bond donors (Lipinski definition) is 0. The van der Waals surface area contributed by atoms with Crippen LogP contribution in [0.15, 0.2) is 53.4 Å². The van der Waals surface area contributed by atoms with Gasteiger partial charge < -0.3 is 4.74 Å². The molecule has 0 unspecified atom stereocenters. The molecular weight excluding hydrogens is 364 g/mol. The molecule has 0 bridgehead atoms. The number of benzene rings is 2. The molecule has 0 heterocycles. The quantitative estimate of drug-likeness (QED) is 0.504. The molecule has 0 aliphatic carbocycles. The van der Waals surface area contributed by atoms with Crippen LogP contribution in [0.3, 0.4) is 0 Å². The Labute approximate surface area is 160 Å². The summed E-state index contributed by atoms with van der Waals surface area (Å²) >= 11 is 0. The van der Waals surface area contributed by atoms with Gasteiger partial charge in [0.2, 0.25) is 0 Å². The van der Waals surface area contributed by atoms with Crippen molar-refractivity contribution in [2.24, 2.45) is 0 Å². The molecule has 2 aromatic rings. The van der Waals surface area contributed by atoms with Gasteiger partial charge in [0.15, 0.2) is 22.2 Å². The van der Waals surface area contributed by atoms with Gasteiger partial charge in [0, 0.05) is 5.56 Å². The molecule has 144 valence electrons. The lowest BCUT2D eigenvalue weighted by Gasteiger charge is -2.10. The molecule has 0 amide bonds. The Balaban J connectivity index is 2.09. The predicted octanol–water partition coefficient (Wildman–Crippen LogP) is 4.03. The molecule has 27 heavy (non-hydrogen) atoms. The van der Waals surface area contributed by atoms with E-state index in [1.807, 2.05) is 12.1 Å². The van der Waals surface area contributed by atoms with Gasteiger partial charge in [-0.3, -0.25) is 4.79 Å². The molecule has 0 fully saturated rings. The fourth-order valence-corrected chi connectivity index (χ4v) is 3.67. The highest BCUT2D eigenvalue weighted by Crippen LogP contribution is 2.20. The molecule has 1 atom stereocenters. The Morgan fingerprint density at radius 3 is 2.22 bits per heavy atom. The van der Waals surface area contributed by atoms with Crippen LogP contribution in [-0.4, -0.2) is 32.5 Å². The number of carbonyl (C=O) groups excluding carboxylic acids is 2. The first-order valence-corrected chi connectivity index (χ1v) is 10.6. The van der Waals surface area contributed by atoms with E-state index in [0.29, 0.717) is 11.5 Å². The highest BCUT2D eigenvalue weighted by molar-refractivity contribution is 7.91. The van der Waals surface area contributed by atoms with Gasteiger partial charge in [-0.2, -0.15) is 0 Å². The summed E-state index contributed by atoms with van der Waals surface area (Å²) in [7, 11) is -3.57. The van der Waals surface area contributed by atoms with Crippen molar-refractivity contribution in [1.29, 1.82) is 0 Å². The molecule has 0 spiro atoms. The van der Waals surface area contributed by atoms with E-state index in [0.717, 1.165) is 12.0 Å². The highest BCUT2D eigenvalue weighted by atomic mass is 32.2. The molecule has 0 aliphatic heterocycles. The second kappa shape index (κ2) is 8.95. The summed E-state index contributed by atoms with van der Waals surface area (Å²) in [5.41, 5.74) is 1.54. The lowest BCUT2D eigenvalue weighted by molar-refractivity contribution is 0.0471. The summed E-state index contributed by atoms with van der Waals surface area (Å²) in [4.78, 5) is 24.5. The highest BCUT2D eigenvalue weighted by Gasteiger charge is 2.22. The number of Topliss-reactive ketones (excluding diaryl/α,β-unsaturated/α-hetero) is 1. The van der Waals surface area contributed by atoms with Crippen LogP contribution in [0, 0.1) is 0 Å². The van der Waals surface area contributed by atoms with Gasteiger partial charge in [0.25, 0.3) is 0 Å². The SMILES string of the molecule is CC[C@H](C)c1ccc(C(=O)COC(=O)c2ccccc2S(=O)(=O)CC)cc1. The Morgan fingerprint density at radius 2 is 1.63 bits per heavy atom. The summed E-state index contributed by atoms with van der Waals surface area (Å²) in [6.45, 7) is 5.27. The van der Waals surface area contributed by atoms with E-state index in [4.69, 9.17) is 4.74 Å².